The van der Waals surface area contributed by atoms with Crippen LogP contribution >= 0.6 is 27.7 Å². The van der Waals surface area contributed by atoms with Gasteiger partial charge < -0.3 is 14.4 Å². The van der Waals surface area contributed by atoms with Gasteiger partial charge in [0.05, 0.1) is 22.2 Å². The minimum atomic E-state index is -0.359. The number of hydrogen-bond donors (Lipinski definition) is 1. The lowest BCUT2D eigenvalue weighted by molar-refractivity contribution is 0.0527. The van der Waals surface area contributed by atoms with Gasteiger partial charge in [-0.1, -0.05) is 18.2 Å². The summed E-state index contributed by atoms with van der Waals surface area (Å²) >= 11 is 5.16. The average Bonchev–Trinajstić information content (AvgIpc) is 3.44. The Morgan fingerprint density at radius 2 is 1.97 bits per heavy atom. The van der Waals surface area contributed by atoms with E-state index in [2.05, 4.69) is 25.4 Å². The van der Waals surface area contributed by atoms with Crippen LogP contribution < -0.4 is 0 Å². The molecule has 5 rings (SSSR count). The first-order chi connectivity index (χ1) is 17.0. The van der Waals surface area contributed by atoms with E-state index in [-0.39, 0.29) is 24.1 Å². The highest BCUT2D eigenvalue weighted by molar-refractivity contribution is 9.10. The molecule has 2 aliphatic rings. The van der Waals surface area contributed by atoms with Gasteiger partial charge in [0.1, 0.15) is 11.6 Å². The lowest BCUT2D eigenvalue weighted by Crippen LogP contribution is -2.19. The Balaban J connectivity index is 1.62. The van der Waals surface area contributed by atoms with E-state index in [1.54, 1.807) is 23.9 Å². The molecule has 0 radical (unpaired) electrons. The van der Waals surface area contributed by atoms with Crippen LogP contribution in [0.4, 0.5) is 4.39 Å². The maximum Gasteiger partial charge on any atom is 0.340 e. The molecule has 2 fully saturated rings. The van der Waals surface area contributed by atoms with Gasteiger partial charge in [-0.3, -0.25) is 4.90 Å². The van der Waals surface area contributed by atoms with Gasteiger partial charge >= 0.3 is 5.97 Å². The predicted molar refractivity (Wildman–Crippen MR) is 141 cm³/mol. The zero-order valence-corrected chi connectivity index (χ0v) is 22.3. The van der Waals surface area contributed by atoms with Gasteiger partial charge in [-0.2, -0.15) is 11.8 Å². The van der Waals surface area contributed by atoms with Crippen molar-refractivity contribution in [2.75, 3.05) is 19.7 Å². The molecule has 1 saturated carbocycles. The number of nitrogens with zero attached hydrogens (tertiary/aromatic N) is 2. The predicted octanol–water partition coefficient (Wildman–Crippen LogP) is 6.79. The van der Waals surface area contributed by atoms with E-state index in [0.717, 1.165) is 60.9 Å². The summed E-state index contributed by atoms with van der Waals surface area (Å²) in [4.78, 5) is 15.7. The lowest BCUT2D eigenvalue weighted by atomic mass is 10.0. The Morgan fingerprint density at radius 1 is 1.23 bits per heavy atom. The van der Waals surface area contributed by atoms with Gasteiger partial charge in [-0.05, 0) is 79.3 Å². The van der Waals surface area contributed by atoms with Crippen molar-refractivity contribution in [1.82, 2.24) is 9.47 Å². The molecule has 1 N–H and O–H groups in total. The number of halogens is 2. The molecule has 1 aromatic heterocycles. The minimum Gasteiger partial charge on any atom is -0.506 e. The summed E-state index contributed by atoms with van der Waals surface area (Å²) in [5.74, 6) is 0.678. The third kappa shape index (κ3) is 4.98. The summed E-state index contributed by atoms with van der Waals surface area (Å²) < 4.78 is 22.7. The Kier molecular flexibility index (Phi) is 7.42. The first-order valence-corrected chi connectivity index (χ1v) is 14.2. The van der Waals surface area contributed by atoms with Crippen molar-refractivity contribution in [3.05, 3.63) is 63.0 Å². The molecule has 2 heterocycles. The molecule has 0 spiro atoms. The number of likely N-dealkylation sites (tertiary alicyclic amines) is 1. The molecule has 0 atom stereocenters. The maximum atomic E-state index is 14.2. The van der Waals surface area contributed by atoms with E-state index in [1.165, 1.54) is 6.07 Å². The fraction of sp³-hybridized carbons (Fsp3) is 0.444. The van der Waals surface area contributed by atoms with Crippen LogP contribution in [0.15, 0.2) is 34.8 Å². The number of rotatable bonds is 9. The van der Waals surface area contributed by atoms with Gasteiger partial charge in [0, 0.05) is 40.7 Å². The average molecular weight is 562 g/mol. The van der Waals surface area contributed by atoms with E-state index in [0.29, 0.717) is 39.7 Å². The maximum absolute atomic E-state index is 14.2. The smallest absolute Gasteiger partial charge is 0.340 e. The molecule has 2 aromatic carbocycles. The van der Waals surface area contributed by atoms with Crippen LogP contribution in [-0.4, -0.2) is 40.2 Å². The Bertz CT molecular complexity index is 1250. The first kappa shape index (κ1) is 24.7. The molecule has 3 aromatic rings. The van der Waals surface area contributed by atoms with Crippen molar-refractivity contribution in [3.63, 3.8) is 0 Å². The van der Waals surface area contributed by atoms with Gasteiger partial charge in [0.15, 0.2) is 0 Å². The molecule has 8 heteroatoms. The number of aromatic nitrogens is 1. The molecule has 5 nitrogen and oxygen atoms in total. The Hall–Kier alpha value is -2.03. The number of hydrogen-bond acceptors (Lipinski definition) is 5. The summed E-state index contributed by atoms with van der Waals surface area (Å²) in [7, 11) is 0. The molecule has 35 heavy (non-hydrogen) atoms. The Morgan fingerprint density at radius 3 is 2.66 bits per heavy atom. The highest BCUT2D eigenvalue weighted by Gasteiger charge is 2.35. The van der Waals surface area contributed by atoms with Crippen LogP contribution in [-0.2, 0) is 22.8 Å². The third-order valence-corrected chi connectivity index (χ3v) is 8.45. The normalized spacial score (nSPS) is 16.3. The van der Waals surface area contributed by atoms with Crippen molar-refractivity contribution >= 4 is 44.6 Å². The summed E-state index contributed by atoms with van der Waals surface area (Å²) in [5, 5.41) is 11.9. The van der Waals surface area contributed by atoms with Crippen molar-refractivity contribution in [3.8, 4) is 5.75 Å². The SMILES string of the molecule is CCOC(=O)c1c(CSCc2ccccc2F)n(C2CC2)c2cc(Br)c(O)c(CN3CCCC3)c12. The molecule has 186 valence electrons. The monoisotopic (exact) mass is 560 g/mol. The number of aromatic hydroxyl groups is 1. The minimum absolute atomic E-state index is 0.188. The number of carbonyl (C=O) groups excluding carboxylic acids is 1. The summed E-state index contributed by atoms with van der Waals surface area (Å²) in [6.45, 7) is 4.64. The number of benzene rings is 2. The molecule has 1 aliphatic heterocycles. The number of fused-ring (bicyclic) bond motifs is 1. The van der Waals surface area contributed by atoms with E-state index < -0.39 is 0 Å². The molecule has 0 bridgehead atoms. The second-order valence-electron chi connectivity index (χ2n) is 9.29. The number of phenols is 1. The van der Waals surface area contributed by atoms with Crippen LogP contribution in [0.2, 0.25) is 0 Å². The van der Waals surface area contributed by atoms with E-state index in [9.17, 15) is 14.3 Å². The van der Waals surface area contributed by atoms with Gasteiger partial charge in [-0.25, -0.2) is 9.18 Å². The van der Waals surface area contributed by atoms with Crippen LogP contribution in [0.1, 0.15) is 65.8 Å². The highest BCUT2D eigenvalue weighted by Crippen LogP contribution is 2.47. The van der Waals surface area contributed by atoms with Crippen LogP contribution in [0, 0.1) is 5.82 Å². The van der Waals surface area contributed by atoms with Crippen LogP contribution in [0.5, 0.6) is 5.75 Å². The van der Waals surface area contributed by atoms with Crippen molar-refractivity contribution in [2.45, 2.75) is 56.7 Å². The topological polar surface area (TPSA) is 54.7 Å². The lowest BCUT2D eigenvalue weighted by Gasteiger charge is -2.18. The van der Waals surface area contributed by atoms with Gasteiger partial charge in [0.25, 0.3) is 0 Å². The highest BCUT2D eigenvalue weighted by atomic mass is 79.9. The van der Waals surface area contributed by atoms with Crippen molar-refractivity contribution < 1.29 is 19.0 Å². The van der Waals surface area contributed by atoms with E-state index in [1.807, 2.05) is 19.1 Å². The number of thioether (sulfide) groups is 1. The zero-order chi connectivity index (χ0) is 24.5. The molecule has 0 unspecified atom stereocenters. The third-order valence-electron chi connectivity index (χ3n) is 6.85. The fourth-order valence-corrected chi connectivity index (χ4v) is 6.55. The first-order valence-electron chi connectivity index (χ1n) is 12.3. The second kappa shape index (κ2) is 10.5. The molecular formula is C27H30BrFN2O3S. The quantitative estimate of drug-likeness (QED) is 0.292. The number of esters is 1. The summed E-state index contributed by atoms with van der Waals surface area (Å²) in [6, 6.07) is 9.07. The van der Waals surface area contributed by atoms with Crippen molar-refractivity contribution in [2.24, 2.45) is 0 Å². The largest absolute Gasteiger partial charge is 0.506 e. The number of ether oxygens (including phenoxy) is 1. The standard InChI is InChI=1S/C27H30BrFN2O3S/c1-2-34-27(33)25-23(16-35-15-17-7-3-4-8-21(17)29)31(18-9-10-18)22-13-20(28)26(32)19(24(22)25)14-30-11-5-6-12-30/h3-4,7-8,13,18,32H,2,5-6,9-12,14-16H2,1H3. The van der Waals surface area contributed by atoms with Crippen LogP contribution in [0.25, 0.3) is 10.9 Å². The fourth-order valence-electron chi connectivity index (χ4n) is 5.06. The van der Waals surface area contributed by atoms with Crippen LogP contribution in [0.3, 0.4) is 0 Å². The van der Waals surface area contributed by atoms with Gasteiger partial charge in [0.2, 0.25) is 0 Å². The van der Waals surface area contributed by atoms with Crippen molar-refractivity contribution in [1.29, 1.82) is 0 Å². The number of carbonyl (C=O) groups is 1. The second-order valence-corrected chi connectivity index (χ2v) is 11.1. The molecule has 1 saturated heterocycles. The van der Waals surface area contributed by atoms with E-state index in [4.69, 9.17) is 4.74 Å². The van der Waals surface area contributed by atoms with Gasteiger partial charge in [-0.15, -0.1) is 0 Å². The molecule has 0 amide bonds. The summed E-state index contributed by atoms with van der Waals surface area (Å²) in [6.07, 6.45) is 4.39. The Labute approximate surface area is 217 Å². The summed E-state index contributed by atoms with van der Waals surface area (Å²) in [5.41, 5.74) is 3.84. The molecule has 1 aliphatic carbocycles. The zero-order valence-electron chi connectivity index (χ0n) is 19.9. The number of phenolic OH excluding ortho intramolecular Hbond substituents is 1. The molecular weight excluding hydrogens is 531 g/mol. The van der Waals surface area contributed by atoms with E-state index >= 15 is 0 Å².